The number of aliphatic hydroxyl groups is 1. The van der Waals surface area contributed by atoms with Gasteiger partial charge in [0, 0.05) is 25.3 Å². The zero-order chi connectivity index (χ0) is 12.3. The number of anilines is 1. The van der Waals surface area contributed by atoms with Crippen LogP contribution in [0.3, 0.4) is 0 Å². The van der Waals surface area contributed by atoms with Crippen LogP contribution in [-0.2, 0) is 6.54 Å². The number of nitrogens with zero attached hydrogens (tertiary/aromatic N) is 1. The minimum atomic E-state index is -0.293. The maximum Gasteiger partial charge on any atom is 0.150 e. The van der Waals surface area contributed by atoms with Crippen LogP contribution in [0.15, 0.2) is 18.2 Å². The smallest absolute Gasteiger partial charge is 0.150 e. The first-order valence-electron chi connectivity index (χ1n) is 6.06. The van der Waals surface area contributed by atoms with Crippen LogP contribution in [0, 0.1) is 11.7 Å². The van der Waals surface area contributed by atoms with Gasteiger partial charge in [-0.15, -0.1) is 0 Å². The zero-order valence-electron chi connectivity index (χ0n) is 9.90. The Morgan fingerprint density at radius 1 is 1.47 bits per heavy atom. The molecule has 1 saturated heterocycles. The lowest BCUT2D eigenvalue weighted by Crippen LogP contribution is -2.21. The molecule has 94 valence electrons. The van der Waals surface area contributed by atoms with Crippen LogP contribution in [0.5, 0.6) is 0 Å². The molecule has 1 fully saturated rings. The Balaban J connectivity index is 1.96. The van der Waals surface area contributed by atoms with Gasteiger partial charge in [-0.05, 0) is 31.4 Å². The third-order valence-corrected chi connectivity index (χ3v) is 3.41. The summed E-state index contributed by atoms with van der Waals surface area (Å²) in [6.45, 7) is 2.76. The largest absolute Gasteiger partial charge is 0.396 e. The summed E-state index contributed by atoms with van der Waals surface area (Å²) in [5.74, 6) is 0.252. The summed E-state index contributed by atoms with van der Waals surface area (Å²) in [5.41, 5.74) is 6.42. The van der Waals surface area contributed by atoms with Crippen molar-refractivity contribution >= 4 is 5.69 Å². The normalized spacial score (nSPS) is 20.9. The Kier molecular flexibility index (Phi) is 3.97. The van der Waals surface area contributed by atoms with Crippen molar-refractivity contribution in [2.24, 2.45) is 5.92 Å². The SMILES string of the molecule is Nc1cccc(CN2CCC(CCO)C2)c1F. The predicted molar refractivity (Wildman–Crippen MR) is 65.9 cm³/mol. The van der Waals surface area contributed by atoms with E-state index in [9.17, 15) is 4.39 Å². The van der Waals surface area contributed by atoms with E-state index in [2.05, 4.69) is 4.90 Å². The lowest BCUT2D eigenvalue weighted by Gasteiger charge is -2.16. The van der Waals surface area contributed by atoms with Crippen molar-refractivity contribution in [3.63, 3.8) is 0 Å². The lowest BCUT2D eigenvalue weighted by molar-refractivity contribution is 0.248. The molecule has 17 heavy (non-hydrogen) atoms. The molecule has 3 nitrogen and oxygen atoms in total. The van der Waals surface area contributed by atoms with Gasteiger partial charge in [-0.25, -0.2) is 4.39 Å². The van der Waals surface area contributed by atoms with Crippen LogP contribution in [0.2, 0.25) is 0 Å². The van der Waals surface area contributed by atoms with Gasteiger partial charge in [-0.2, -0.15) is 0 Å². The van der Waals surface area contributed by atoms with Gasteiger partial charge in [0.15, 0.2) is 5.82 Å². The van der Waals surface area contributed by atoms with Crippen molar-refractivity contribution in [1.82, 2.24) is 4.90 Å². The molecule has 3 N–H and O–H groups in total. The van der Waals surface area contributed by atoms with Crippen LogP contribution in [0.25, 0.3) is 0 Å². The summed E-state index contributed by atoms with van der Waals surface area (Å²) in [4.78, 5) is 2.22. The number of rotatable bonds is 4. The van der Waals surface area contributed by atoms with Gasteiger partial charge < -0.3 is 10.8 Å². The fraction of sp³-hybridized carbons (Fsp3) is 0.538. The molecule has 0 bridgehead atoms. The fourth-order valence-corrected chi connectivity index (χ4v) is 2.44. The second-order valence-electron chi connectivity index (χ2n) is 4.72. The Bertz CT molecular complexity index is 384. The number of benzene rings is 1. The van der Waals surface area contributed by atoms with E-state index in [-0.39, 0.29) is 18.1 Å². The molecule has 0 amide bonds. The number of halogens is 1. The molecule has 0 aliphatic carbocycles. The second kappa shape index (κ2) is 5.47. The fourth-order valence-electron chi connectivity index (χ4n) is 2.44. The van der Waals surface area contributed by atoms with E-state index >= 15 is 0 Å². The number of nitrogens with two attached hydrogens (primary N) is 1. The highest BCUT2D eigenvalue weighted by Gasteiger charge is 2.22. The summed E-state index contributed by atoms with van der Waals surface area (Å²) in [7, 11) is 0. The summed E-state index contributed by atoms with van der Waals surface area (Å²) >= 11 is 0. The molecular formula is C13H19FN2O. The molecule has 4 heteroatoms. The Morgan fingerprint density at radius 3 is 3.06 bits per heavy atom. The van der Waals surface area contributed by atoms with Crippen LogP contribution >= 0.6 is 0 Å². The van der Waals surface area contributed by atoms with E-state index in [1.807, 2.05) is 0 Å². The average Bonchev–Trinajstić information content (AvgIpc) is 2.73. The van der Waals surface area contributed by atoms with Crippen molar-refractivity contribution in [2.75, 3.05) is 25.4 Å². The van der Waals surface area contributed by atoms with E-state index in [0.717, 1.165) is 25.9 Å². The minimum Gasteiger partial charge on any atom is -0.396 e. The van der Waals surface area contributed by atoms with Crippen LogP contribution in [-0.4, -0.2) is 29.7 Å². The van der Waals surface area contributed by atoms with Crippen molar-refractivity contribution < 1.29 is 9.50 Å². The van der Waals surface area contributed by atoms with Gasteiger partial charge in [0.1, 0.15) is 0 Å². The third-order valence-electron chi connectivity index (χ3n) is 3.41. The average molecular weight is 238 g/mol. The molecule has 0 radical (unpaired) electrons. The minimum absolute atomic E-state index is 0.216. The summed E-state index contributed by atoms with van der Waals surface area (Å²) in [6.07, 6.45) is 1.93. The van der Waals surface area contributed by atoms with Gasteiger partial charge in [-0.1, -0.05) is 12.1 Å². The van der Waals surface area contributed by atoms with Crippen LogP contribution < -0.4 is 5.73 Å². The van der Waals surface area contributed by atoms with Crippen molar-refractivity contribution in [2.45, 2.75) is 19.4 Å². The Morgan fingerprint density at radius 2 is 2.29 bits per heavy atom. The number of likely N-dealkylation sites (tertiary alicyclic amines) is 1. The summed E-state index contributed by atoms with van der Waals surface area (Å²) in [5, 5.41) is 8.89. The van der Waals surface area contributed by atoms with Gasteiger partial charge in [-0.3, -0.25) is 4.90 Å². The highest BCUT2D eigenvalue weighted by atomic mass is 19.1. The van der Waals surface area contributed by atoms with E-state index in [1.54, 1.807) is 18.2 Å². The molecule has 0 saturated carbocycles. The maximum atomic E-state index is 13.7. The molecule has 1 unspecified atom stereocenters. The van der Waals surface area contributed by atoms with Crippen molar-refractivity contribution in [3.05, 3.63) is 29.6 Å². The molecule has 1 aromatic carbocycles. The molecule has 1 aliphatic heterocycles. The standard InChI is InChI=1S/C13H19FN2O/c14-13-11(2-1-3-12(13)15)9-16-6-4-10(8-16)5-7-17/h1-3,10,17H,4-9,15H2. The maximum absolute atomic E-state index is 13.7. The summed E-state index contributed by atoms with van der Waals surface area (Å²) < 4.78 is 13.7. The molecule has 1 aliphatic rings. The van der Waals surface area contributed by atoms with Crippen molar-refractivity contribution in [1.29, 1.82) is 0 Å². The number of hydrogen-bond acceptors (Lipinski definition) is 3. The van der Waals surface area contributed by atoms with E-state index < -0.39 is 0 Å². The molecule has 0 aromatic heterocycles. The molecule has 1 heterocycles. The zero-order valence-corrected chi connectivity index (χ0v) is 9.90. The highest BCUT2D eigenvalue weighted by molar-refractivity contribution is 5.42. The molecular weight excluding hydrogens is 219 g/mol. The van der Waals surface area contributed by atoms with Gasteiger partial charge >= 0.3 is 0 Å². The number of nitrogen functional groups attached to an aromatic ring is 1. The highest BCUT2D eigenvalue weighted by Crippen LogP contribution is 2.23. The molecule has 1 aromatic rings. The first-order valence-corrected chi connectivity index (χ1v) is 6.06. The van der Waals surface area contributed by atoms with Crippen LogP contribution in [0.1, 0.15) is 18.4 Å². The molecule has 1 atom stereocenters. The van der Waals surface area contributed by atoms with Gasteiger partial charge in [0.2, 0.25) is 0 Å². The molecule has 0 spiro atoms. The van der Waals surface area contributed by atoms with E-state index in [4.69, 9.17) is 10.8 Å². The number of hydrogen-bond donors (Lipinski definition) is 2. The first kappa shape index (κ1) is 12.3. The topological polar surface area (TPSA) is 49.5 Å². The first-order chi connectivity index (χ1) is 8.20. The van der Waals surface area contributed by atoms with Crippen molar-refractivity contribution in [3.8, 4) is 0 Å². The summed E-state index contributed by atoms with van der Waals surface area (Å²) in [6, 6.07) is 5.15. The van der Waals surface area contributed by atoms with Crippen LogP contribution in [0.4, 0.5) is 10.1 Å². The Labute approximate surface area is 101 Å². The second-order valence-corrected chi connectivity index (χ2v) is 4.72. The van der Waals surface area contributed by atoms with Gasteiger partial charge in [0.25, 0.3) is 0 Å². The predicted octanol–water partition coefficient (Wildman–Crippen LogP) is 1.61. The lowest BCUT2D eigenvalue weighted by atomic mass is 10.1. The third kappa shape index (κ3) is 2.96. The Hall–Kier alpha value is -1.13. The number of aliphatic hydroxyl groups excluding tert-OH is 1. The van der Waals surface area contributed by atoms with Gasteiger partial charge in [0.05, 0.1) is 5.69 Å². The quantitative estimate of drug-likeness (QED) is 0.784. The van der Waals surface area contributed by atoms with E-state index in [1.165, 1.54) is 0 Å². The molecule has 2 rings (SSSR count). The van der Waals surface area contributed by atoms with E-state index in [0.29, 0.717) is 18.0 Å². The monoisotopic (exact) mass is 238 g/mol.